The fourth-order valence-corrected chi connectivity index (χ4v) is 4.77. The fourth-order valence-electron chi connectivity index (χ4n) is 3.40. The van der Waals surface area contributed by atoms with E-state index in [1.807, 2.05) is 0 Å². The van der Waals surface area contributed by atoms with Crippen LogP contribution in [-0.4, -0.2) is 21.1 Å². The van der Waals surface area contributed by atoms with Crippen LogP contribution in [0.4, 0.5) is 15.8 Å². The van der Waals surface area contributed by atoms with Crippen LogP contribution in [0.1, 0.15) is 22.0 Å². The lowest BCUT2D eigenvalue weighted by Gasteiger charge is -2.08. The van der Waals surface area contributed by atoms with Crippen molar-refractivity contribution in [2.75, 3.05) is 10.6 Å². The Balaban J connectivity index is 1.47. The molecule has 0 spiro atoms. The highest BCUT2D eigenvalue weighted by atomic mass is 35.5. The summed E-state index contributed by atoms with van der Waals surface area (Å²) in [5.41, 5.74) is 1.46. The van der Waals surface area contributed by atoms with Crippen molar-refractivity contribution in [2.24, 2.45) is 5.92 Å². The minimum absolute atomic E-state index is 0.0594. The maximum absolute atomic E-state index is 13.0. The van der Waals surface area contributed by atoms with Crippen LogP contribution >= 0.6 is 46.4 Å². The Hall–Kier alpha value is -2.38. The number of alkyl halides is 2. The van der Waals surface area contributed by atoms with Crippen LogP contribution in [0.2, 0.25) is 10.0 Å². The molecule has 4 rings (SSSR count). The average Bonchev–Trinajstić information content (AvgIpc) is 3.31. The van der Waals surface area contributed by atoms with Gasteiger partial charge in [0.1, 0.15) is 15.8 Å². The van der Waals surface area contributed by atoms with E-state index in [-0.39, 0.29) is 5.69 Å². The lowest BCUT2D eigenvalue weighted by molar-refractivity contribution is -0.117. The van der Waals surface area contributed by atoms with Crippen LogP contribution in [0.3, 0.4) is 0 Å². The third-order valence-electron chi connectivity index (χ3n) is 4.94. The second-order valence-corrected chi connectivity index (χ2v) is 9.53. The van der Waals surface area contributed by atoms with Gasteiger partial charge < -0.3 is 10.6 Å². The van der Waals surface area contributed by atoms with Crippen LogP contribution in [-0.2, 0) is 4.79 Å². The van der Waals surface area contributed by atoms with Gasteiger partial charge in [-0.3, -0.25) is 14.6 Å². The highest BCUT2D eigenvalue weighted by Crippen LogP contribution is 2.65. The standard InChI is InChI=1S/C22H14Cl4FN3O2/c23-12-7-11(8-13(24)9-12)18-19(22(18,25)26)21(32)30-16-5-6-28-17(10-16)20(31)29-15-3-1-14(27)2-4-15/h1-10,18-19H,(H,29,31)(H,28,30,32)/t18-,19+/m1/s1. The van der Waals surface area contributed by atoms with E-state index in [0.717, 1.165) is 0 Å². The number of benzene rings is 2. The first-order valence-corrected chi connectivity index (χ1v) is 10.8. The normalized spacial score (nSPS) is 18.7. The maximum Gasteiger partial charge on any atom is 0.274 e. The first-order valence-electron chi connectivity index (χ1n) is 9.33. The summed E-state index contributed by atoms with van der Waals surface area (Å²) in [4.78, 5) is 29.3. The van der Waals surface area contributed by atoms with E-state index in [2.05, 4.69) is 15.6 Å². The zero-order chi connectivity index (χ0) is 23.0. The highest BCUT2D eigenvalue weighted by molar-refractivity contribution is 6.53. The number of amides is 2. The number of nitrogens with zero attached hydrogens (tertiary/aromatic N) is 1. The van der Waals surface area contributed by atoms with Gasteiger partial charge in [-0.2, -0.15) is 0 Å². The van der Waals surface area contributed by atoms with Crippen molar-refractivity contribution < 1.29 is 14.0 Å². The van der Waals surface area contributed by atoms with E-state index in [1.54, 1.807) is 18.2 Å². The molecule has 10 heteroatoms. The molecule has 2 N–H and O–H groups in total. The van der Waals surface area contributed by atoms with Gasteiger partial charge in [0, 0.05) is 33.5 Å². The summed E-state index contributed by atoms with van der Waals surface area (Å²) < 4.78 is 11.7. The monoisotopic (exact) mass is 511 g/mol. The molecule has 0 aliphatic heterocycles. The molecule has 1 saturated carbocycles. The zero-order valence-electron chi connectivity index (χ0n) is 16.1. The van der Waals surface area contributed by atoms with E-state index in [4.69, 9.17) is 46.4 Å². The molecule has 164 valence electrons. The summed E-state index contributed by atoms with van der Waals surface area (Å²) in [6.07, 6.45) is 1.38. The number of halogens is 5. The summed E-state index contributed by atoms with van der Waals surface area (Å²) in [5.74, 6) is -2.60. The molecule has 1 aliphatic carbocycles. The van der Waals surface area contributed by atoms with Crippen molar-refractivity contribution in [3.63, 3.8) is 0 Å². The number of carbonyl (C=O) groups is 2. The quantitative estimate of drug-likeness (QED) is 0.394. The van der Waals surface area contributed by atoms with Crippen molar-refractivity contribution in [1.82, 2.24) is 4.98 Å². The van der Waals surface area contributed by atoms with Gasteiger partial charge in [-0.05, 0) is 60.2 Å². The molecule has 1 heterocycles. The molecule has 2 atom stereocenters. The molecular weight excluding hydrogens is 499 g/mol. The maximum atomic E-state index is 13.0. The molecule has 32 heavy (non-hydrogen) atoms. The summed E-state index contributed by atoms with van der Waals surface area (Å²) in [7, 11) is 0. The molecule has 5 nitrogen and oxygen atoms in total. The second kappa shape index (κ2) is 8.87. The lowest BCUT2D eigenvalue weighted by Crippen LogP contribution is -2.18. The Bertz CT molecular complexity index is 1180. The highest BCUT2D eigenvalue weighted by Gasteiger charge is 2.67. The van der Waals surface area contributed by atoms with Gasteiger partial charge in [0.2, 0.25) is 5.91 Å². The average molecular weight is 513 g/mol. The van der Waals surface area contributed by atoms with Gasteiger partial charge in [-0.25, -0.2) is 4.39 Å². The molecule has 3 aromatic rings. The van der Waals surface area contributed by atoms with E-state index >= 15 is 0 Å². The van der Waals surface area contributed by atoms with E-state index < -0.39 is 33.8 Å². The van der Waals surface area contributed by atoms with E-state index in [0.29, 0.717) is 27.0 Å². The first-order chi connectivity index (χ1) is 15.1. The first kappa shape index (κ1) is 22.8. The summed E-state index contributed by atoms with van der Waals surface area (Å²) >= 11 is 24.8. The van der Waals surface area contributed by atoms with Crippen LogP contribution < -0.4 is 10.6 Å². The predicted octanol–water partition coefficient (Wildman–Crippen LogP) is 6.31. The topological polar surface area (TPSA) is 71.1 Å². The Morgan fingerprint density at radius 3 is 2.22 bits per heavy atom. The van der Waals surface area contributed by atoms with Gasteiger partial charge in [0.25, 0.3) is 5.91 Å². The smallest absolute Gasteiger partial charge is 0.274 e. The van der Waals surface area contributed by atoms with Crippen LogP contribution in [0, 0.1) is 11.7 Å². The molecule has 2 amide bonds. The molecular formula is C22H14Cl4FN3O2. The Labute approximate surface area is 202 Å². The molecule has 1 aliphatic rings. The number of pyridine rings is 1. The molecule has 0 unspecified atom stereocenters. The third-order valence-corrected chi connectivity index (χ3v) is 6.32. The van der Waals surface area contributed by atoms with Crippen LogP contribution in [0.15, 0.2) is 60.8 Å². The Kier molecular flexibility index (Phi) is 6.32. The number of rotatable bonds is 5. The van der Waals surface area contributed by atoms with Gasteiger partial charge in [0.05, 0.1) is 5.92 Å². The Morgan fingerprint density at radius 2 is 1.56 bits per heavy atom. The summed E-state index contributed by atoms with van der Waals surface area (Å²) in [5, 5.41) is 6.14. The molecule has 1 aromatic heterocycles. The minimum Gasteiger partial charge on any atom is -0.326 e. The fraction of sp³-hybridized carbons (Fsp3) is 0.136. The predicted molar refractivity (Wildman–Crippen MR) is 124 cm³/mol. The van der Waals surface area contributed by atoms with Crippen LogP contribution in [0.25, 0.3) is 0 Å². The number of hydrogen-bond donors (Lipinski definition) is 2. The number of nitrogens with one attached hydrogen (secondary N) is 2. The summed E-state index contributed by atoms with van der Waals surface area (Å²) in [6, 6.07) is 13.1. The number of hydrogen-bond acceptors (Lipinski definition) is 3. The zero-order valence-corrected chi connectivity index (χ0v) is 19.1. The lowest BCUT2D eigenvalue weighted by atomic mass is 10.1. The van der Waals surface area contributed by atoms with Crippen LogP contribution in [0.5, 0.6) is 0 Å². The number of anilines is 2. The third kappa shape index (κ3) is 4.84. The van der Waals surface area contributed by atoms with Crippen molar-refractivity contribution >= 4 is 69.6 Å². The van der Waals surface area contributed by atoms with Crippen molar-refractivity contribution in [3.05, 3.63) is 87.9 Å². The van der Waals surface area contributed by atoms with Crippen molar-refractivity contribution in [3.8, 4) is 0 Å². The minimum atomic E-state index is -1.33. The van der Waals surface area contributed by atoms with Gasteiger partial charge in [-0.15, -0.1) is 23.2 Å². The van der Waals surface area contributed by atoms with E-state index in [9.17, 15) is 14.0 Å². The number of carbonyl (C=O) groups excluding carboxylic acids is 2. The largest absolute Gasteiger partial charge is 0.326 e. The summed E-state index contributed by atoms with van der Waals surface area (Å²) in [6.45, 7) is 0. The van der Waals surface area contributed by atoms with Crippen molar-refractivity contribution in [2.45, 2.75) is 10.3 Å². The van der Waals surface area contributed by atoms with Gasteiger partial charge in [-0.1, -0.05) is 23.2 Å². The number of aromatic nitrogens is 1. The Morgan fingerprint density at radius 1 is 0.906 bits per heavy atom. The SMILES string of the molecule is O=C(Nc1ccc(F)cc1)c1cc(NC(=O)[C@@H]2[C@@H](c3cc(Cl)cc(Cl)c3)C2(Cl)Cl)ccn1. The molecule has 0 radical (unpaired) electrons. The van der Waals surface area contributed by atoms with Crippen molar-refractivity contribution in [1.29, 1.82) is 0 Å². The molecule has 0 saturated heterocycles. The molecule has 2 aromatic carbocycles. The molecule has 0 bridgehead atoms. The van der Waals surface area contributed by atoms with Gasteiger partial charge in [0.15, 0.2) is 0 Å². The van der Waals surface area contributed by atoms with E-state index in [1.165, 1.54) is 42.6 Å². The molecule has 1 fully saturated rings. The second-order valence-electron chi connectivity index (χ2n) is 7.21. The van der Waals surface area contributed by atoms with Gasteiger partial charge >= 0.3 is 0 Å².